The zero-order chi connectivity index (χ0) is 10.6. The Morgan fingerprint density at radius 1 is 1.36 bits per heavy atom. The average Bonchev–Trinajstić information content (AvgIpc) is 1.81. The number of hydrogen-bond acceptors (Lipinski definition) is 3. The van der Waals surface area contributed by atoms with Crippen molar-refractivity contribution in [1.82, 2.24) is 0 Å². The van der Waals surface area contributed by atoms with E-state index in [0.717, 1.165) is 0 Å². The topological polar surface area (TPSA) is 52.3 Å². The van der Waals surface area contributed by atoms with Gasteiger partial charge in [0.05, 0.1) is 0 Å². The van der Waals surface area contributed by atoms with E-state index >= 15 is 0 Å². The summed E-state index contributed by atoms with van der Waals surface area (Å²) < 4.78 is 5.28. The normalized spacial score (nSPS) is 13.4. The quantitative estimate of drug-likeness (QED) is 0.765. The minimum absolute atomic E-state index is 0. The zero-order valence-corrected chi connectivity index (χ0v) is 11.5. The minimum atomic E-state index is -1.76. The molecule has 3 nitrogen and oxygen atoms in total. The molecular weight excluding hydrogens is 218 g/mol. The molecule has 14 heavy (non-hydrogen) atoms. The molecule has 0 saturated carbocycles. The van der Waals surface area contributed by atoms with Crippen molar-refractivity contribution in [2.24, 2.45) is 11.7 Å². The number of halogens is 1. The van der Waals surface area contributed by atoms with Gasteiger partial charge in [-0.1, -0.05) is 13.8 Å². The molecule has 0 bridgehead atoms. The summed E-state index contributed by atoms with van der Waals surface area (Å²) in [5.41, 5.74) is 5.67. The molecule has 0 aromatic heterocycles. The Bertz CT molecular complexity index is 180. The van der Waals surface area contributed by atoms with E-state index in [-0.39, 0.29) is 18.4 Å². The van der Waals surface area contributed by atoms with Crippen molar-refractivity contribution >= 4 is 26.7 Å². The molecule has 86 valence electrons. The van der Waals surface area contributed by atoms with Gasteiger partial charge in [-0.05, 0) is 32.0 Å². The molecule has 5 heteroatoms. The molecule has 0 aliphatic carbocycles. The van der Waals surface area contributed by atoms with Gasteiger partial charge in [0.2, 0.25) is 8.32 Å². The number of carbonyl (C=O) groups excluding carboxylic acids is 1. The highest BCUT2D eigenvalue weighted by Gasteiger charge is 2.24. The van der Waals surface area contributed by atoms with Crippen molar-refractivity contribution in [3.63, 3.8) is 0 Å². The first-order valence-electron chi connectivity index (χ1n) is 4.71. The van der Waals surface area contributed by atoms with Crippen LogP contribution in [0.5, 0.6) is 0 Å². The van der Waals surface area contributed by atoms with Crippen LogP contribution in [0.25, 0.3) is 0 Å². The zero-order valence-electron chi connectivity index (χ0n) is 9.66. The Kier molecular flexibility index (Phi) is 7.51. The van der Waals surface area contributed by atoms with E-state index in [1.165, 1.54) is 0 Å². The summed E-state index contributed by atoms with van der Waals surface area (Å²) in [5, 5.41) is 0. The van der Waals surface area contributed by atoms with Gasteiger partial charge in [-0.3, -0.25) is 4.79 Å². The van der Waals surface area contributed by atoms with Crippen LogP contribution in [0.2, 0.25) is 19.6 Å². The first-order chi connectivity index (χ1) is 5.72. The highest BCUT2D eigenvalue weighted by atomic mass is 35.5. The fourth-order valence-corrected chi connectivity index (χ4v) is 1.74. The Hall–Kier alpha value is -0.0631. The molecule has 1 atom stereocenters. The molecule has 2 N–H and O–H groups in total. The van der Waals surface area contributed by atoms with Crippen LogP contribution in [0, 0.1) is 5.92 Å². The summed E-state index contributed by atoms with van der Waals surface area (Å²) in [7, 11) is -1.76. The van der Waals surface area contributed by atoms with Crippen LogP contribution >= 0.6 is 12.4 Å². The lowest BCUT2D eigenvalue weighted by atomic mass is 10.1. The second-order valence-electron chi connectivity index (χ2n) is 4.77. The van der Waals surface area contributed by atoms with Crippen LogP contribution in [0.4, 0.5) is 0 Å². The van der Waals surface area contributed by atoms with Crippen LogP contribution in [-0.2, 0) is 9.22 Å². The van der Waals surface area contributed by atoms with Gasteiger partial charge in [-0.25, -0.2) is 0 Å². The maximum atomic E-state index is 11.4. The Balaban J connectivity index is 0. The molecule has 0 aliphatic rings. The molecule has 0 amide bonds. The summed E-state index contributed by atoms with van der Waals surface area (Å²) in [6.45, 7) is 10.0. The molecular formula is C9H22ClNO2Si. The second kappa shape index (κ2) is 6.43. The largest absolute Gasteiger partial charge is 0.519 e. The Morgan fingerprint density at radius 3 is 2.07 bits per heavy atom. The third-order valence-electron chi connectivity index (χ3n) is 1.43. The van der Waals surface area contributed by atoms with Crippen LogP contribution < -0.4 is 5.73 Å². The van der Waals surface area contributed by atoms with E-state index in [9.17, 15) is 4.79 Å². The van der Waals surface area contributed by atoms with Gasteiger partial charge in [0.25, 0.3) is 0 Å². The first kappa shape index (κ1) is 16.4. The van der Waals surface area contributed by atoms with Gasteiger partial charge in [0, 0.05) is 0 Å². The number of carbonyl (C=O) groups is 1. The maximum absolute atomic E-state index is 11.4. The molecule has 0 spiro atoms. The van der Waals surface area contributed by atoms with Crippen molar-refractivity contribution in [1.29, 1.82) is 0 Å². The summed E-state index contributed by atoms with van der Waals surface area (Å²) in [6.07, 6.45) is 0.698. The van der Waals surface area contributed by atoms with Crippen LogP contribution in [0.1, 0.15) is 20.3 Å². The number of hydrogen-bond donors (Lipinski definition) is 1. The highest BCUT2D eigenvalue weighted by Crippen LogP contribution is 2.08. The van der Waals surface area contributed by atoms with E-state index < -0.39 is 14.4 Å². The van der Waals surface area contributed by atoms with Gasteiger partial charge in [0.15, 0.2) is 0 Å². The van der Waals surface area contributed by atoms with Crippen molar-refractivity contribution in [2.45, 2.75) is 46.0 Å². The molecule has 0 radical (unpaired) electrons. The SMILES string of the molecule is CC(C)CC(N)C(=O)O[Si](C)(C)C.Cl. The number of rotatable bonds is 4. The molecule has 0 rings (SSSR count). The monoisotopic (exact) mass is 239 g/mol. The van der Waals surface area contributed by atoms with Gasteiger partial charge >= 0.3 is 5.97 Å². The number of nitrogens with two attached hydrogens (primary N) is 1. The predicted molar refractivity (Wildman–Crippen MR) is 64.1 cm³/mol. The fourth-order valence-electron chi connectivity index (χ4n) is 0.982. The second-order valence-corrected chi connectivity index (χ2v) is 9.20. The van der Waals surface area contributed by atoms with Crippen molar-refractivity contribution < 1.29 is 9.22 Å². The molecule has 0 aromatic rings. The van der Waals surface area contributed by atoms with E-state index in [2.05, 4.69) is 0 Å². The van der Waals surface area contributed by atoms with Crippen molar-refractivity contribution in [2.75, 3.05) is 0 Å². The highest BCUT2D eigenvalue weighted by molar-refractivity contribution is 6.71. The van der Waals surface area contributed by atoms with Gasteiger partial charge in [-0.2, -0.15) is 0 Å². The third-order valence-corrected chi connectivity index (χ3v) is 2.25. The fraction of sp³-hybridized carbons (Fsp3) is 0.889. The first-order valence-corrected chi connectivity index (χ1v) is 8.11. The van der Waals surface area contributed by atoms with Gasteiger partial charge in [-0.15, -0.1) is 12.4 Å². The lowest BCUT2D eigenvalue weighted by Gasteiger charge is -2.21. The smallest absolute Gasteiger partial charge is 0.309 e. The lowest BCUT2D eigenvalue weighted by Crippen LogP contribution is -2.40. The molecule has 0 fully saturated rings. The van der Waals surface area contributed by atoms with Gasteiger partial charge in [0.1, 0.15) is 6.04 Å². The average molecular weight is 240 g/mol. The van der Waals surface area contributed by atoms with E-state index in [1.807, 2.05) is 33.5 Å². The molecule has 0 aliphatic heterocycles. The van der Waals surface area contributed by atoms with Crippen LogP contribution in [0.3, 0.4) is 0 Å². The maximum Gasteiger partial charge on any atom is 0.309 e. The summed E-state index contributed by atoms with van der Waals surface area (Å²) in [6, 6.07) is -0.452. The summed E-state index contributed by atoms with van der Waals surface area (Å²) in [5.74, 6) is 0.192. The summed E-state index contributed by atoms with van der Waals surface area (Å²) >= 11 is 0. The van der Waals surface area contributed by atoms with Crippen molar-refractivity contribution in [3.8, 4) is 0 Å². The van der Waals surface area contributed by atoms with E-state index in [0.29, 0.717) is 12.3 Å². The molecule has 1 unspecified atom stereocenters. The van der Waals surface area contributed by atoms with Crippen LogP contribution in [0.15, 0.2) is 0 Å². The standard InChI is InChI=1S/C9H21NO2Si.ClH/c1-7(2)6-8(10)9(11)12-13(3,4)5;/h7-8H,6,10H2,1-5H3;1H. The van der Waals surface area contributed by atoms with Gasteiger partial charge < -0.3 is 10.2 Å². The molecule has 0 heterocycles. The van der Waals surface area contributed by atoms with Crippen LogP contribution in [-0.4, -0.2) is 20.3 Å². The van der Waals surface area contributed by atoms with E-state index in [4.69, 9.17) is 10.2 Å². The lowest BCUT2D eigenvalue weighted by molar-refractivity contribution is -0.136. The summed E-state index contributed by atoms with van der Waals surface area (Å²) in [4.78, 5) is 11.4. The van der Waals surface area contributed by atoms with E-state index in [1.54, 1.807) is 0 Å². The predicted octanol–water partition coefficient (Wildman–Crippen LogP) is 2.16. The Labute approximate surface area is 93.9 Å². The Morgan fingerprint density at radius 2 is 1.79 bits per heavy atom. The molecule has 0 aromatic carbocycles. The molecule has 0 saturated heterocycles. The third kappa shape index (κ3) is 8.53. The minimum Gasteiger partial charge on any atom is -0.519 e. The van der Waals surface area contributed by atoms with Crippen molar-refractivity contribution in [3.05, 3.63) is 0 Å².